The van der Waals surface area contributed by atoms with Crippen molar-refractivity contribution in [1.82, 2.24) is 4.90 Å². The van der Waals surface area contributed by atoms with Gasteiger partial charge in [0.25, 0.3) is 0 Å². The van der Waals surface area contributed by atoms with Gasteiger partial charge in [0.15, 0.2) is 0 Å². The second-order valence-corrected chi connectivity index (χ2v) is 38.2. The van der Waals surface area contributed by atoms with Crippen molar-refractivity contribution >= 4 is 65.7 Å². The SMILES string of the molecule is CC(=O)C(CCO)N(C)C.[I][V]([I])[I]. The maximum atomic E-state index is 10.8. The van der Waals surface area contributed by atoms with E-state index in [2.05, 4.69) is 59.9 Å². The van der Waals surface area contributed by atoms with Crippen LogP contribution in [0.1, 0.15) is 13.3 Å². The molecule has 0 aromatic rings. The molecule has 0 radical (unpaired) electrons. The molecule has 0 aromatic heterocycles. The summed E-state index contributed by atoms with van der Waals surface area (Å²) in [4.78, 5) is 12.4. The van der Waals surface area contributed by atoms with Crippen LogP contribution < -0.4 is 0 Å². The van der Waals surface area contributed by atoms with Gasteiger partial charge in [-0.1, -0.05) is 0 Å². The number of likely N-dealkylation sites (N-methyl/N-ethyl adjacent to an activating group) is 1. The second-order valence-electron chi connectivity index (χ2n) is 2.79. The number of hydrogen-bond donors (Lipinski definition) is 1. The van der Waals surface area contributed by atoms with Gasteiger partial charge in [-0.3, -0.25) is 9.69 Å². The maximum absolute atomic E-state index is 10.8. The van der Waals surface area contributed by atoms with E-state index in [1.54, 1.807) is 6.92 Å². The zero-order valence-electron chi connectivity index (χ0n) is 8.38. The third-order valence-electron chi connectivity index (χ3n) is 1.50. The van der Waals surface area contributed by atoms with Crippen LogP contribution in [0.15, 0.2) is 0 Å². The summed E-state index contributed by atoms with van der Waals surface area (Å²) in [7, 11) is 3.67. The fourth-order valence-electron chi connectivity index (χ4n) is 0.947. The van der Waals surface area contributed by atoms with E-state index in [-0.39, 0.29) is 23.4 Å². The Morgan fingerprint density at radius 2 is 1.79 bits per heavy atom. The number of halogens is 3. The minimum atomic E-state index is -0.278. The molecule has 0 bridgehead atoms. The Kier molecular flexibility index (Phi) is 15.8. The molecule has 0 rings (SSSR count). The molecule has 3 nitrogen and oxygen atoms in total. The van der Waals surface area contributed by atoms with Crippen LogP contribution >= 0.6 is 59.9 Å². The minimum absolute atomic E-state index is 0.0719. The standard InChI is InChI=1S/C7H15NO2.3HI.V/c1-6(10)7(4-5-9)8(2)3;;;;/h7,9H,4-5H2,1-3H3;3*1H;/q;;;;+3/p-3. The van der Waals surface area contributed by atoms with Gasteiger partial charge in [0.05, 0.1) is 6.04 Å². The normalized spacial score (nSPS) is 12.4. The molecule has 0 heterocycles. The number of carbonyl (C=O) groups excluding carboxylic acids is 1. The van der Waals surface area contributed by atoms with Crippen LogP contribution in [0.4, 0.5) is 0 Å². The Bertz CT molecular complexity index is 155. The molecule has 86 valence electrons. The summed E-state index contributed by atoms with van der Waals surface area (Å²) in [5, 5.41) is 8.56. The summed E-state index contributed by atoms with van der Waals surface area (Å²) in [6.45, 7) is 1.61. The Labute approximate surface area is 123 Å². The average molecular weight is 577 g/mol. The molecular weight excluding hydrogens is 562 g/mol. The van der Waals surface area contributed by atoms with Gasteiger partial charge in [-0.2, -0.15) is 0 Å². The summed E-state index contributed by atoms with van der Waals surface area (Å²) in [6.07, 6.45) is 0.530. The molecule has 0 aliphatic carbocycles. The van der Waals surface area contributed by atoms with Crippen LogP contribution in [-0.2, 0) is 9.72 Å². The summed E-state index contributed by atoms with van der Waals surface area (Å²) < 4.78 is 0. The quantitative estimate of drug-likeness (QED) is 0.523. The van der Waals surface area contributed by atoms with Crippen molar-refractivity contribution in [3.63, 3.8) is 0 Å². The molecule has 0 aliphatic rings. The molecule has 0 spiro atoms. The third kappa shape index (κ3) is 14.4. The number of rotatable bonds is 4. The van der Waals surface area contributed by atoms with Crippen molar-refractivity contribution in [2.45, 2.75) is 19.4 Å². The van der Waals surface area contributed by atoms with E-state index >= 15 is 0 Å². The molecule has 1 atom stereocenters. The van der Waals surface area contributed by atoms with Crippen molar-refractivity contribution < 1.29 is 14.8 Å². The molecule has 0 aliphatic heterocycles. The summed E-state index contributed by atoms with van der Waals surface area (Å²) >= 11 is 7.39. The summed E-state index contributed by atoms with van der Waals surface area (Å²) in [5.41, 5.74) is 0. The van der Waals surface area contributed by atoms with E-state index in [9.17, 15) is 4.79 Å². The van der Waals surface area contributed by atoms with Crippen molar-refractivity contribution in [2.24, 2.45) is 0 Å². The predicted molar refractivity (Wildman–Crippen MR) is 81.9 cm³/mol. The van der Waals surface area contributed by atoms with Crippen LogP contribution in [-0.4, -0.2) is 42.5 Å². The van der Waals surface area contributed by atoms with Crippen LogP contribution in [0, 0.1) is 0 Å². The first-order chi connectivity index (χ1) is 6.32. The molecule has 0 fully saturated rings. The van der Waals surface area contributed by atoms with E-state index in [4.69, 9.17) is 5.11 Å². The Balaban J connectivity index is 0. The zero-order chi connectivity index (χ0) is 11.7. The number of ketones is 1. The predicted octanol–water partition coefficient (Wildman–Crippen LogP) is 2.54. The van der Waals surface area contributed by atoms with E-state index in [1.165, 1.54) is 0 Å². The fraction of sp³-hybridized carbons (Fsp3) is 0.857. The second kappa shape index (κ2) is 11.8. The van der Waals surface area contributed by atoms with E-state index in [0.29, 0.717) is 6.42 Å². The first-order valence-corrected chi connectivity index (χ1v) is 17.4. The van der Waals surface area contributed by atoms with Crippen LogP contribution in [0.25, 0.3) is 0 Å². The van der Waals surface area contributed by atoms with Gasteiger partial charge in [0.2, 0.25) is 0 Å². The van der Waals surface area contributed by atoms with Gasteiger partial charge in [0.1, 0.15) is 5.78 Å². The van der Waals surface area contributed by atoms with Gasteiger partial charge < -0.3 is 5.11 Å². The average Bonchev–Trinajstić information content (AvgIpc) is 1.97. The molecule has 14 heavy (non-hydrogen) atoms. The van der Waals surface area contributed by atoms with Gasteiger partial charge in [-0.05, 0) is 27.4 Å². The molecule has 1 N–H and O–H groups in total. The molecule has 0 aromatic carbocycles. The van der Waals surface area contributed by atoms with Crippen molar-refractivity contribution in [3.05, 3.63) is 0 Å². The first kappa shape index (κ1) is 18.7. The number of hydrogen-bond acceptors (Lipinski definition) is 3. The summed E-state index contributed by atoms with van der Waals surface area (Å²) in [5.74, 6) is 0.110. The Morgan fingerprint density at radius 1 is 1.43 bits per heavy atom. The Morgan fingerprint density at radius 3 is 1.86 bits per heavy atom. The van der Waals surface area contributed by atoms with Crippen molar-refractivity contribution in [1.29, 1.82) is 0 Å². The van der Waals surface area contributed by atoms with Crippen molar-refractivity contribution in [3.8, 4) is 0 Å². The van der Waals surface area contributed by atoms with Crippen LogP contribution in [0.2, 0.25) is 0 Å². The van der Waals surface area contributed by atoms with Gasteiger partial charge in [0, 0.05) is 6.61 Å². The van der Waals surface area contributed by atoms with Crippen LogP contribution in [0.3, 0.4) is 0 Å². The van der Waals surface area contributed by atoms with Gasteiger partial charge in [-0.15, -0.1) is 0 Å². The van der Waals surface area contributed by atoms with Gasteiger partial charge in [-0.25, -0.2) is 0 Å². The third-order valence-corrected chi connectivity index (χ3v) is 1.50. The molecule has 7 heteroatoms. The number of aliphatic hydroxyl groups is 1. The molecule has 0 saturated carbocycles. The van der Waals surface area contributed by atoms with Gasteiger partial charge >= 0.3 is 64.9 Å². The zero-order valence-corrected chi connectivity index (χ0v) is 16.2. The van der Waals surface area contributed by atoms with E-state index in [0.717, 1.165) is 0 Å². The first-order valence-electron chi connectivity index (χ1n) is 3.88. The summed E-state index contributed by atoms with van der Waals surface area (Å²) in [6, 6.07) is -0.120. The van der Waals surface area contributed by atoms with E-state index in [1.807, 2.05) is 19.0 Å². The molecule has 1 unspecified atom stereocenters. The monoisotopic (exact) mass is 577 g/mol. The van der Waals surface area contributed by atoms with Crippen LogP contribution in [0.5, 0.6) is 0 Å². The number of carbonyl (C=O) groups is 1. The topological polar surface area (TPSA) is 40.5 Å². The number of nitrogens with zero attached hydrogens (tertiary/aromatic N) is 1. The molecular formula is C7H15I3NO2V. The number of Topliss-reactive ketones (excluding diaryl/α,β-unsaturated/α-hetero) is 1. The number of aliphatic hydroxyl groups excluding tert-OH is 1. The van der Waals surface area contributed by atoms with Crippen molar-refractivity contribution in [2.75, 3.05) is 20.7 Å². The fourth-order valence-corrected chi connectivity index (χ4v) is 0.947. The Hall–Kier alpha value is 2.36. The molecule has 0 saturated heterocycles. The van der Waals surface area contributed by atoms with E-state index < -0.39 is 0 Å². The molecule has 0 amide bonds.